The van der Waals surface area contributed by atoms with E-state index < -0.39 is 10.9 Å². The van der Waals surface area contributed by atoms with Crippen LogP contribution in [0.5, 0.6) is 11.5 Å². The van der Waals surface area contributed by atoms with Crippen LogP contribution >= 0.6 is 0 Å². The summed E-state index contributed by atoms with van der Waals surface area (Å²) in [5.41, 5.74) is 1.21. The van der Waals surface area contributed by atoms with Crippen LogP contribution in [-0.4, -0.2) is 16.0 Å². The number of nitro benzene ring substituents is 1. The summed E-state index contributed by atoms with van der Waals surface area (Å²) in [5.74, 6) is -0.0570. The van der Waals surface area contributed by atoms with E-state index in [1.165, 1.54) is 6.07 Å². The van der Waals surface area contributed by atoms with Gasteiger partial charge in [0, 0.05) is 5.56 Å². The highest BCUT2D eigenvalue weighted by Gasteiger charge is 2.12. The predicted molar refractivity (Wildman–Crippen MR) is 75.7 cm³/mol. The quantitative estimate of drug-likeness (QED) is 0.673. The zero-order valence-corrected chi connectivity index (χ0v) is 11.3. The molecule has 0 aliphatic rings. The summed E-state index contributed by atoms with van der Waals surface area (Å²) in [6, 6.07) is 11.2. The van der Waals surface area contributed by atoms with Gasteiger partial charge in [0.1, 0.15) is 11.5 Å². The molecule has 21 heavy (non-hydrogen) atoms. The van der Waals surface area contributed by atoms with Gasteiger partial charge < -0.3 is 9.84 Å². The second-order valence-corrected chi connectivity index (χ2v) is 4.52. The maximum atomic E-state index is 10.9. The SMILES string of the molecule is Cc1ccc(Oc2ccc(CC(=O)O)cc2)cc1[N+](=O)[O-]. The Morgan fingerprint density at radius 3 is 2.38 bits per heavy atom. The number of carbonyl (C=O) groups is 1. The zero-order valence-electron chi connectivity index (χ0n) is 11.3. The Morgan fingerprint density at radius 1 is 1.19 bits per heavy atom. The van der Waals surface area contributed by atoms with Gasteiger partial charge in [-0.15, -0.1) is 0 Å². The lowest BCUT2D eigenvalue weighted by Gasteiger charge is -2.07. The van der Waals surface area contributed by atoms with Crippen molar-refractivity contribution in [2.45, 2.75) is 13.3 Å². The molecule has 0 aliphatic carbocycles. The average Bonchev–Trinajstić information content (AvgIpc) is 2.42. The number of nitrogens with zero attached hydrogens (tertiary/aromatic N) is 1. The van der Waals surface area contributed by atoms with Crippen molar-refractivity contribution in [2.75, 3.05) is 0 Å². The molecule has 0 spiro atoms. The number of ether oxygens (including phenoxy) is 1. The smallest absolute Gasteiger partial charge is 0.307 e. The third-order valence-corrected chi connectivity index (χ3v) is 2.89. The fourth-order valence-corrected chi connectivity index (χ4v) is 1.84. The number of carboxylic acid groups (broad SMARTS) is 1. The molecule has 2 aromatic rings. The van der Waals surface area contributed by atoms with Crippen LogP contribution in [0.2, 0.25) is 0 Å². The summed E-state index contributed by atoms with van der Waals surface area (Å²) in [7, 11) is 0. The third kappa shape index (κ3) is 3.79. The number of hydrogen-bond donors (Lipinski definition) is 1. The van der Waals surface area contributed by atoms with E-state index >= 15 is 0 Å². The molecule has 108 valence electrons. The lowest BCUT2D eigenvalue weighted by Crippen LogP contribution is -1.99. The van der Waals surface area contributed by atoms with Crippen LogP contribution in [0.3, 0.4) is 0 Å². The summed E-state index contributed by atoms with van der Waals surface area (Å²) in [4.78, 5) is 21.0. The highest BCUT2D eigenvalue weighted by molar-refractivity contribution is 5.70. The lowest BCUT2D eigenvalue weighted by atomic mass is 10.1. The van der Waals surface area contributed by atoms with Crippen LogP contribution in [0.1, 0.15) is 11.1 Å². The van der Waals surface area contributed by atoms with Gasteiger partial charge in [-0.25, -0.2) is 0 Å². The van der Waals surface area contributed by atoms with Gasteiger partial charge in [-0.1, -0.05) is 12.1 Å². The van der Waals surface area contributed by atoms with Gasteiger partial charge in [-0.05, 0) is 36.8 Å². The van der Waals surface area contributed by atoms with Crippen molar-refractivity contribution in [2.24, 2.45) is 0 Å². The first-order valence-corrected chi connectivity index (χ1v) is 6.19. The maximum Gasteiger partial charge on any atom is 0.307 e. The summed E-state index contributed by atoms with van der Waals surface area (Å²) >= 11 is 0. The number of nitro groups is 1. The van der Waals surface area contributed by atoms with Crippen molar-refractivity contribution in [3.05, 3.63) is 63.7 Å². The fraction of sp³-hybridized carbons (Fsp3) is 0.133. The van der Waals surface area contributed by atoms with Crippen molar-refractivity contribution >= 4 is 11.7 Å². The molecule has 0 radical (unpaired) electrons. The average molecular weight is 287 g/mol. The van der Waals surface area contributed by atoms with Gasteiger partial charge in [0.2, 0.25) is 0 Å². The molecule has 0 unspecified atom stereocenters. The molecule has 2 aromatic carbocycles. The number of rotatable bonds is 5. The monoisotopic (exact) mass is 287 g/mol. The van der Waals surface area contributed by atoms with E-state index in [0.29, 0.717) is 22.6 Å². The normalized spacial score (nSPS) is 10.1. The molecular formula is C15H13NO5. The van der Waals surface area contributed by atoms with E-state index in [4.69, 9.17) is 9.84 Å². The molecular weight excluding hydrogens is 274 g/mol. The zero-order chi connectivity index (χ0) is 15.4. The van der Waals surface area contributed by atoms with Gasteiger partial charge in [0.15, 0.2) is 0 Å². The van der Waals surface area contributed by atoms with Crippen LogP contribution in [0.25, 0.3) is 0 Å². The number of aryl methyl sites for hydroxylation is 1. The minimum atomic E-state index is -0.905. The highest BCUT2D eigenvalue weighted by Crippen LogP contribution is 2.28. The first-order valence-electron chi connectivity index (χ1n) is 6.19. The lowest BCUT2D eigenvalue weighted by molar-refractivity contribution is -0.385. The molecule has 2 rings (SSSR count). The van der Waals surface area contributed by atoms with Crippen LogP contribution in [-0.2, 0) is 11.2 Å². The molecule has 0 aliphatic heterocycles. The van der Waals surface area contributed by atoms with Crippen LogP contribution in [0, 0.1) is 17.0 Å². The Labute approximate surface area is 120 Å². The molecule has 6 heteroatoms. The molecule has 0 atom stereocenters. The Balaban J connectivity index is 2.16. The van der Waals surface area contributed by atoms with Gasteiger partial charge in [0.05, 0.1) is 17.4 Å². The Kier molecular flexibility index (Phi) is 4.18. The van der Waals surface area contributed by atoms with Crippen LogP contribution < -0.4 is 4.74 Å². The molecule has 0 amide bonds. The molecule has 0 aromatic heterocycles. The Morgan fingerprint density at radius 2 is 1.81 bits per heavy atom. The Hall–Kier alpha value is -2.89. The van der Waals surface area contributed by atoms with Gasteiger partial charge in [0.25, 0.3) is 5.69 Å². The number of aliphatic carboxylic acids is 1. The molecule has 1 N–H and O–H groups in total. The van der Waals surface area contributed by atoms with E-state index in [1.54, 1.807) is 43.3 Å². The van der Waals surface area contributed by atoms with E-state index in [-0.39, 0.29) is 12.1 Å². The second-order valence-electron chi connectivity index (χ2n) is 4.52. The van der Waals surface area contributed by atoms with Crippen molar-refractivity contribution in [1.82, 2.24) is 0 Å². The molecule has 6 nitrogen and oxygen atoms in total. The number of carboxylic acids is 1. The first-order chi connectivity index (χ1) is 9.95. The maximum absolute atomic E-state index is 10.9. The largest absolute Gasteiger partial charge is 0.481 e. The third-order valence-electron chi connectivity index (χ3n) is 2.89. The summed E-state index contributed by atoms with van der Waals surface area (Å²) in [6.07, 6.45) is -0.0592. The molecule has 0 heterocycles. The second kappa shape index (κ2) is 6.04. The van der Waals surface area contributed by atoms with Crippen molar-refractivity contribution in [3.8, 4) is 11.5 Å². The van der Waals surface area contributed by atoms with Crippen molar-refractivity contribution in [3.63, 3.8) is 0 Å². The Bertz CT molecular complexity index is 679. The van der Waals surface area contributed by atoms with E-state index in [2.05, 4.69) is 0 Å². The van der Waals surface area contributed by atoms with Crippen molar-refractivity contribution < 1.29 is 19.6 Å². The molecule has 0 bridgehead atoms. The summed E-state index contributed by atoms with van der Waals surface area (Å²) < 4.78 is 5.53. The molecule has 0 saturated carbocycles. The fourth-order valence-electron chi connectivity index (χ4n) is 1.84. The van der Waals surface area contributed by atoms with E-state index in [0.717, 1.165) is 0 Å². The highest BCUT2D eigenvalue weighted by atomic mass is 16.6. The van der Waals surface area contributed by atoms with Gasteiger partial charge >= 0.3 is 5.97 Å². The summed E-state index contributed by atoms with van der Waals surface area (Å²) in [6.45, 7) is 1.66. The minimum Gasteiger partial charge on any atom is -0.481 e. The van der Waals surface area contributed by atoms with E-state index in [1.807, 2.05) is 0 Å². The molecule has 0 fully saturated rings. The van der Waals surface area contributed by atoms with Gasteiger partial charge in [-0.3, -0.25) is 14.9 Å². The topological polar surface area (TPSA) is 89.7 Å². The summed E-state index contributed by atoms with van der Waals surface area (Å²) in [5, 5.41) is 19.6. The van der Waals surface area contributed by atoms with Gasteiger partial charge in [-0.2, -0.15) is 0 Å². The van der Waals surface area contributed by atoms with E-state index in [9.17, 15) is 14.9 Å². The standard InChI is InChI=1S/C15H13NO5/c1-10-2-5-13(9-14(10)16(19)20)21-12-6-3-11(4-7-12)8-15(17)18/h2-7,9H,8H2,1H3,(H,17,18). The molecule has 0 saturated heterocycles. The van der Waals surface area contributed by atoms with Crippen LogP contribution in [0.15, 0.2) is 42.5 Å². The number of benzene rings is 2. The predicted octanol–water partition coefficient (Wildman–Crippen LogP) is 3.32. The van der Waals surface area contributed by atoms with Crippen LogP contribution in [0.4, 0.5) is 5.69 Å². The van der Waals surface area contributed by atoms with Crippen molar-refractivity contribution in [1.29, 1.82) is 0 Å². The number of hydrogen-bond acceptors (Lipinski definition) is 4. The minimum absolute atomic E-state index is 0.00463. The first kappa shape index (κ1) is 14.5.